The molecule has 0 radical (unpaired) electrons. The van der Waals surface area contributed by atoms with Gasteiger partial charge in [-0.25, -0.2) is 4.39 Å². The van der Waals surface area contributed by atoms with Crippen LogP contribution in [0, 0.1) is 11.7 Å². The molecule has 1 aliphatic rings. The Morgan fingerprint density at radius 3 is 2.91 bits per heavy atom. The molecule has 0 bridgehead atoms. The van der Waals surface area contributed by atoms with Crippen LogP contribution in [0.15, 0.2) is 28.1 Å². The van der Waals surface area contributed by atoms with E-state index in [9.17, 15) is 4.39 Å². The van der Waals surface area contributed by atoms with E-state index >= 15 is 0 Å². The molecule has 1 N–H and O–H groups in total. The minimum Gasteiger partial charge on any atom is -0.381 e. The van der Waals surface area contributed by atoms with Crippen molar-refractivity contribution in [3.8, 4) is 0 Å². The third-order valence-corrected chi connectivity index (χ3v) is 4.65. The van der Waals surface area contributed by atoms with Gasteiger partial charge in [-0.15, -0.1) is 35.7 Å². The zero-order valence-electron chi connectivity index (χ0n) is 13.8. The van der Waals surface area contributed by atoms with Crippen molar-refractivity contribution in [2.75, 3.05) is 40.1 Å². The summed E-state index contributed by atoms with van der Waals surface area (Å²) in [5.41, 5.74) is 0.950. The molecular formula is C16H25FIN3OS. The fourth-order valence-corrected chi connectivity index (χ4v) is 3.24. The number of aliphatic imine (C=N–C) groups is 1. The number of halogens is 2. The Hall–Kier alpha value is -0.540. The SMILES string of the molecule is CN=C(NCc1cc(F)ccc1SC)N(C)CC1CCOC1.I. The van der Waals surface area contributed by atoms with Crippen LogP contribution in [0.4, 0.5) is 4.39 Å². The average Bonchev–Trinajstić information content (AvgIpc) is 3.01. The molecule has 1 fully saturated rings. The standard InChI is InChI=1S/C16H24FN3OS.HI/c1-18-16(20(2)10-12-6-7-21-11-12)19-9-13-8-14(17)4-5-15(13)22-3;/h4-5,8,12H,6-7,9-11H2,1-3H3,(H,18,19);1H. The van der Waals surface area contributed by atoms with Crippen molar-refractivity contribution in [3.63, 3.8) is 0 Å². The maximum atomic E-state index is 13.4. The van der Waals surface area contributed by atoms with Gasteiger partial charge in [0.05, 0.1) is 6.61 Å². The molecule has 23 heavy (non-hydrogen) atoms. The summed E-state index contributed by atoms with van der Waals surface area (Å²) in [6.45, 7) is 3.15. The zero-order chi connectivity index (χ0) is 15.9. The van der Waals surface area contributed by atoms with Crippen molar-refractivity contribution in [2.24, 2.45) is 10.9 Å². The Morgan fingerprint density at radius 1 is 1.52 bits per heavy atom. The Labute approximate surface area is 159 Å². The predicted octanol–water partition coefficient (Wildman–Crippen LogP) is 3.21. The van der Waals surface area contributed by atoms with Crippen molar-refractivity contribution in [3.05, 3.63) is 29.6 Å². The Balaban J connectivity index is 0.00000264. The highest BCUT2D eigenvalue weighted by atomic mass is 127. The van der Waals surface area contributed by atoms with E-state index in [2.05, 4.69) is 15.2 Å². The second kappa shape index (κ2) is 10.4. The lowest BCUT2D eigenvalue weighted by Gasteiger charge is -2.24. The van der Waals surface area contributed by atoms with Crippen LogP contribution < -0.4 is 5.32 Å². The van der Waals surface area contributed by atoms with E-state index in [1.54, 1.807) is 24.9 Å². The van der Waals surface area contributed by atoms with Gasteiger partial charge in [0.25, 0.3) is 0 Å². The Morgan fingerprint density at radius 2 is 2.30 bits per heavy atom. The van der Waals surface area contributed by atoms with Crippen LogP contribution in [0.5, 0.6) is 0 Å². The fraction of sp³-hybridized carbons (Fsp3) is 0.562. The average molecular weight is 453 g/mol. The van der Waals surface area contributed by atoms with E-state index in [4.69, 9.17) is 4.74 Å². The maximum absolute atomic E-state index is 13.4. The molecule has 1 heterocycles. The van der Waals surface area contributed by atoms with Crippen molar-refractivity contribution in [1.29, 1.82) is 0 Å². The van der Waals surface area contributed by atoms with E-state index in [1.165, 1.54) is 6.07 Å². The lowest BCUT2D eigenvalue weighted by Crippen LogP contribution is -2.41. The van der Waals surface area contributed by atoms with Crippen LogP contribution in [0.3, 0.4) is 0 Å². The minimum atomic E-state index is -0.207. The van der Waals surface area contributed by atoms with Crippen LogP contribution in [-0.2, 0) is 11.3 Å². The molecular weight excluding hydrogens is 428 g/mol. The van der Waals surface area contributed by atoms with Crippen LogP contribution >= 0.6 is 35.7 Å². The summed E-state index contributed by atoms with van der Waals surface area (Å²) in [6.07, 6.45) is 3.10. The lowest BCUT2D eigenvalue weighted by atomic mass is 10.1. The molecule has 1 saturated heterocycles. The van der Waals surface area contributed by atoms with Crippen molar-refractivity contribution < 1.29 is 9.13 Å². The van der Waals surface area contributed by atoms with Gasteiger partial charge in [0.1, 0.15) is 5.82 Å². The van der Waals surface area contributed by atoms with Crippen molar-refractivity contribution in [1.82, 2.24) is 10.2 Å². The molecule has 130 valence electrons. The molecule has 1 atom stereocenters. The summed E-state index contributed by atoms with van der Waals surface area (Å²) in [7, 11) is 3.79. The fourth-order valence-electron chi connectivity index (χ4n) is 2.65. The number of hydrogen-bond donors (Lipinski definition) is 1. The monoisotopic (exact) mass is 453 g/mol. The summed E-state index contributed by atoms with van der Waals surface area (Å²) in [6, 6.07) is 4.90. The summed E-state index contributed by atoms with van der Waals surface area (Å²) in [5.74, 6) is 1.17. The van der Waals surface area contributed by atoms with Crippen LogP contribution in [-0.4, -0.2) is 51.0 Å². The molecule has 0 aromatic heterocycles. The van der Waals surface area contributed by atoms with Gasteiger partial charge in [-0.3, -0.25) is 4.99 Å². The van der Waals surface area contributed by atoms with Gasteiger partial charge in [0, 0.05) is 44.6 Å². The molecule has 0 amide bonds. The van der Waals surface area contributed by atoms with Gasteiger partial charge >= 0.3 is 0 Å². The zero-order valence-corrected chi connectivity index (χ0v) is 17.0. The first-order valence-corrected chi connectivity index (χ1v) is 8.68. The Kier molecular flexibility index (Phi) is 9.23. The normalized spacial score (nSPS) is 17.7. The highest BCUT2D eigenvalue weighted by molar-refractivity contribution is 14.0. The molecule has 0 spiro atoms. The molecule has 1 unspecified atom stereocenters. The number of guanidine groups is 1. The number of nitrogens with zero attached hydrogens (tertiary/aromatic N) is 2. The van der Waals surface area contributed by atoms with E-state index in [1.807, 2.05) is 19.4 Å². The van der Waals surface area contributed by atoms with Gasteiger partial charge in [-0.2, -0.15) is 0 Å². The molecule has 2 rings (SSSR count). The van der Waals surface area contributed by atoms with E-state index in [0.717, 1.165) is 42.6 Å². The molecule has 0 aliphatic carbocycles. The van der Waals surface area contributed by atoms with Gasteiger partial charge < -0.3 is 15.0 Å². The molecule has 4 nitrogen and oxygen atoms in total. The number of ether oxygens (including phenoxy) is 1. The number of rotatable bonds is 5. The smallest absolute Gasteiger partial charge is 0.193 e. The Bertz CT molecular complexity index is 524. The van der Waals surface area contributed by atoms with Gasteiger partial charge in [-0.1, -0.05) is 0 Å². The summed E-state index contributed by atoms with van der Waals surface area (Å²) in [4.78, 5) is 7.50. The molecule has 0 saturated carbocycles. The first kappa shape index (κ1) is 20.5. The second-order valence-electron chi connectivity index (χ2n) is 5.47. The second-order valence-corrected chi connectivity index (χ2v) is 6.32. The number of nitrogens with one attached hydrogen (secondary N) is 1. The predicted molar refractivity (Wildman–Crippen MR) is 105 cm³/mol. The van der Waals surface area contributed by atoms with Gasteiger partial charge in [-0.05, 0) is 36.4 Å². The topological polar surface area (TPSA) is 36.9 Å². The van der Waals surface area contributed by atoms with Crippen LogP contribution in [0.2, 0.25) is 0 Å². The minimum absolute atomic E-state index is 0. The molecule has 1 aliphatic heterocycles. The first-order chi connectivity index (χ1) is 10.6. The van der Waals surface area contributed by atoms with Crippen molar-refractivity contribution >= 4 is 41.7 Å². The van der Waals surface area contributed by atoms with Gasteiger partial charge in [0.15, 0.2) is 5.96 Å². The van der Waals surface area contributed by atoms with Gasteiger partial charge in [0.2, 0.25) is 0 Å². The number of thioether (sulfide) groups is 1. The molecule has 7 heteroatoms. The molecule has 1 aromatic carbocycles. The largest absolute Gasteiger partial charge is 0.381 e. The van der Waals surface area contributed by atoms with E-state index in [0.29, 0.717) is 12.5 Å². The van der Waals surface area contributed by atoms with E-state index in [-0.39, 0.29) is 29.8 Å². The van der Waals surface area contributed by atoms with Crippen molar-refractivity contribution in [2.45, 2.75) is 17.9 Å². The van der Waals surface area contributed by atoms with Crippen LogP contribution in [0.25, 0.3) is 0 Å². The summed E-state index contributed by atoms with van der Waals surface area (Å²) < 4.78 is 18.8. The highest BCUT2D eigenvalue weighted by Crippen LogP contribution is 2.21. The summed E-state index contributed by atoms with van der Waals surface area (Å²) in [5, 5.41) is 3.32. The lowest BCUT2D eigenvalue weighted by molar-refractivity contribution is 0.181. The highest BCUT2D eigenvalue weighted by Gasteiger charge is 2.19. The van der Waals surface area contributed by atoms with Crippen LogP contribution in [0.1, 0.15) is 12.0 Å². The third kappa shape index (κ3) is 6.11. The third-order valence-electron chi connectivity index (χ3n) is 3.81. The molecule has 1 aromatic rings. The first-order valence-electron chi connectivity index (χ1n) is 7.46. The maximum Gasteiger partial charge on any atom is 0.193 e. The quantitative estimate of drug-likeness (QED) is 0.322. The van der Waals surface area contributed by atoms with E-state index < -0.39 is 0 Å². The number of benzene rings is 1. The number of hydrogen-bond acceptors (Lipinski definition) is 3. The summed E-state index contributed by atoms with van der Waals surface area (Å²) >= 11 is 1.62.